The van der Waals surface area contributed by atoms with Crippen molar-refractivity contribution in [2.24, 2.45) is 0 Å². The molecule has 0 radical (unpaired) electrons. The van der Waals surface area contributed by atoms with Crippen molar-refractivity contribution in [1.82, 2.24) is 0 Å². The van der Waals surface area contributed by atoms with Gasteiger partial charge in [-0.25, -0.2) is 0 Å². The van der Waals surface area contributed by atoms with Crippen LogP contribution in [0, 0.1) is 0 Å². The molecule has 0 aliphatic carbocycles. The standard InChI is InChI=1S/C10H14N2/c1-8(2)12-7-11-9-5-3-4-6-10(9)12/h3-6,8,11H,7H2,1-2H3. The van der Waals surface area contributed by atoms with E-state index in [0.29, 0.717) is 6.04 Å². The number of anilines is 2. The average Bonchev–Trinajstić information content (AvgIpc) is 2.47. The molecule has 2 rings (SSSR count). The molecule has 0 unspecified atom stereocenters. The molecule has 0 bridgehead atoms. The largest absolute Gasteiger partial charge is 0.366 e. The van der Waals surface area contributed by atoms with Gasteiger partial charge in [0.25, 0.3) is 0 Å². The van der Waals surface area contributed by atoms with Crippen LogP contribution in [0.3, 0.4) is 0 Å². The Morgan fingerprint density at radius 3 is 2.83 bits per heavy atom. The minimum absolute atomic E-state index is 0.571. The average molecular weight is 162 g/mol. The van der Waals surface area contributed by atoms with Crippen molar-refractivity contribution < 1.29 is 0 Å². The van der Waals surface area contributed by atoms with Crippen molar-refractivity contribution in [3.8, 4) is 0 Å². The van der Waals surface area contributed by atoms with Crippen LogP contribution in [-0.4, -0.2) is 12.7 Å². The fraction of sp³-hybridized carbons (Fsp3) is 0.400. The number of fused-ring (bicyclic) bond motifs is 1. The monoisotopic (exact) mass is 162 g/mol. The van der Waals surface area contributed by atoms with Crippen LogP contribution in [0.2, 0.25) is 0 Å². The highest BCUT2D eigenvalue weighted by Gasteiger charge is 2.19. The van der Waals surface area contributed by atoms with Crippen LogP contribution >= 0.6 is 0 Å². The van der Waals surface area contributed by atoms with E-state index in [9.17, 15) is 0 Å². The molecule has 0 amide bonds. The summed E-state index contributed by atoms with van der Waals surface area (Å²) in [5.41, 5.74) is 2.58. The summed E-state index contributed by atoms with van der Waals surface area (Å²) in [7, 11) is 0. The van der Waals surface area contributed by atoms with E-state index in [1.165, 1.54) is 11.4 Å². The van der Waals surface area contributed by atoms with Crippen molar-refractivity contribution in [3.05, 3.63) is 24.3 Å². The number of benzene rings is 1. The number of nitrogens with one attached hydrogen (secondary N) is 1. The zero-order chi connectivity index (χ0) is 8.55. The molecule has 0 atom stereocenters. The Hall–Kier alpha value is -1.18. The van der Waals surface area contributed by atoms with Gasteiger partial charge in [-0.15, -0.1) is 0 Å². The van der Waals surface area contributed by atoms with Crippen molar-refractivity contribution in [3.63, 3.8) is 0 Å². The van der Waals surface area contributed by atoms with Crippen molar-refractivity contribution in [2.75, 3.05) is 16.9 Å². The zero-order valence-electron chi connectivity index (χ0n) is 7.54. The Morgan fingerprint density at radius 2 is 2.08 bits per heavy atom. The molecule has 1 heterocycles. The Bertz CT molecular complexity index is 281. The lowest BCUT2D eigenvalue weighted by molar-refractivity contribution is 0.727. The molecule has 0 spiro atoms. The summed E-state index contributed by atoms with van der Waals surface area (Å²) in [5, 5.41) is 3.36. The lowest BCUT2D eigenvalue weighted by Gasteiger charge is -2.22. The van der Waals surface area contributed by atoms with E-state index in [1.54, 1.807) is 0 Å². The zero-order valence-corrected chi connectivity index (χ0v) is 7.54. The molecule has 12 heavy (non-hydrogen) atoms. The molecule has 64 valence electrons. The maximum absolute atomic E-state index is 3.36. The number of rotatable bonds is 1. The van der Waals surface area contributed by atoms with Gasteiger partial charge in [-0.3, -0.25) is 0 Å². The predicted molar refractivity (Wildman–Crippen MR) is 52.5 cm³/mol. The van der Waals surface area contributed by atoms with Crippen molar-refractivity contribution in [2.45, 2.75) is 19.9 Å². The highest BCUT2D eigenvalue weighted by Crippen LogP contribution is 2.31. The summed E-state index contributed by atoms with van der Waals surface area (Å²) < 4.78 is 0. The van der Waals surface area contributed by atoms with Crippen LogP contribution in [-0.2, 0) is 0 Å². The summed E-state index contributed by atoms with van der Waals surface area (Å²) in [6, 6.07) is 9.00. The topological polar surface area (TPSA) is 15.3 Å². The van der Waals surface area contributed by atoms with Gasteiger partial charge in [-0.2, -0.15) is 0 Å². The number of para-hydroxylation sites is 2. The SMILES string of the molecule is CC(C)N1CNc2ccccc21. The van der Waals surface area contributed by atoms with Crippen molar-refractivity contribution in [1.29, 1.82) is 0 Å². The summed E-state index contributed by atoms with van der Waals surface area (Å²) in [6.07, 6.45) is 0. The van der Waals surface area contributed by atoms with Gasteiger partial charge >= 0.3 is 0 Å². The van der Waals surface area contributed by atoms with Crippen LogP contribution in [0.1, 0.15) is 13.8 Å². The Morgan fingerprint density at radius 1 is 1.33 bits per heavy atom. The number of hydrogen-bond acceptors (Lipinski definition) is 2. The maximum atomic E-state index is 3.36. The Labute approximate surface area is 73.2 Å². The smallest absolute Gasteiger partial charge is 0.0880 e. The third-order valence-corrected chi connectivity index (χ3v) is 2.28. The first-order valence-corrected chi connectivity index (χ1v) is 4.38. The molecule has 0 saturated heterocycles. The second-order valence-electron chi connectivity index (χ2n) is 3.42. The normalized spacial score (nSPS) is 14.8. The van der Waals surface area contributed by atoms with Gasteiger partial charge in [-0.1, -0.05) is 12.1 Å². The molecule has 1 aliphatic heterocycles. The molecule has 0 aromatic heterocycles. The molecule has 1 aromatic rings. The maximum Gasteiger partial charge on any atom is 0.0880 e. The number of hydrogen-bond donors (Lipinski definition) is 1. The van der Waals surface area contributed by atoms with E-state index < -0.39 is 0 Å². The number of nitrogens with zero attached hydrogens (tertiary/aromatic N) is 1. The van der Waals surface area contributed by atoms with Gasteiger partial charge in [0.1, 0.15) is 0 Å². The van der Waals surface area contributed by atoms with Crippen molar-refractivity contribution >= 4 is 11.4 Å². The highest BCUT2D eigenvalue weighted by molar-refractivity contribution is 5.74. The molecule has 1 aromatic carbocycles. The molecule has 2 nitrogen and oxygen atoms in total. The van der Waals surface area contributed by atoms with Gasteiger partial charge < -0.3 is 10.2 Å². The van der Waals surface area contributed by atoms with Gasteiger partial charge in [0.05, 0.1) is 18.0 Å². The van der Waals surface area contributed by atoms with Gasteiger partial charge in [-0.05, 0) is 26.0 Å². The molecule has 2 heteroatoms. The molecular weight excluding hydrogens is 148 g/mol. The molecule has 1 aliphatic rings. The fourth-order valence-electron chi connectivity index (χ4n) is 1.59. The minimum Gasteiger partial charge on any atom is -0.366 e. The first kappa shape index (κ1) is 7.47. The van der Waals surface area contributed by atoms with Gasteiger partial charge in [0.2, 0.25) is 0 Å². The van der Waals surface area contributed by atoms with Crippen LogP contribution < -0.4 is 10.2 Å². The van der Waals surface area contributed by atoms with Crippen LogP contribution in [0.15, 0.2) is 24.3 Å². The summed E-state index contributed by atoms with van der Waals surface area (Å²) in [6.45, 7) is 5.37. The quantitative estimate of drug-likeness (QED) is 0.681. The second kappa shape index (κ2) is 2.70. The molecule has 0 fully saturated rings. The van der Waals surface area contributed by atoms with E-state index in [-0.39, 0.29) is 0 Å². The Kier molecular flexibility index (Phi) is 1.68. The first-order chi connectivity index (χ1) is 5.79. The fourth-order valence-corrected chi connectivity index (χ4v) is 1.59. The predicted octanol–water partition coefficient (Wildman–Crippen LogP) is 2.28. The highest BCUT2D eigenvalue weighted by atomic mass is 15.3. The first-order valence-electron chi connectivity index (χ1n) is 4.38. The van der Waals surface area contributed by atoms with E-state index in [2.05, 4.69) is 48.3 Å². The third-order valence-electron chi connectivity index (χ3n) is 2.28. The molecule has 1 N–H and O–H groups in total. The van der Waals surface area contributed by atoms with Crippen LogP contribution in [0.25, 0.3) is 0 Å². The lowest BCUT2D eigenvalue weighted by atomic mass is 10.2. The third kappa shape index (κ3) is 1.04. The van der Waals surface area contributed by atoms with E-state index >= 15 is 0 Å². The van der Waals surface area contributed by atoms with E-state index in [1.807, 2.05) is 0 Å². The van der Waals surface area contributed by atoms with E-state index in [0.717, 1.165) is 6.67 Å². The lowest BCUT2D eigenvalue weighted by Crippen LogP contribution is -2.29. The van der Waals surface area contributed by atoms with Gasteiger partial charge in [0, 0.05) is 6.04 Å². The summed E-state index contributed by atoms with van der Waals surface area (Å²) >= 11 is 0. The van der Waals surface area contributed by atoms with E-state index in [4.69, 9.17) is 0 Å². The van der Waals surface area contributed by atoms with Gasteiger partial charge in [0.15, 0.2) is 0 Å². The van der Waals surface area contributed by atoms with Crippen LogP contribution in [0.5, 0.6) is 0 Å². The van der Waals surface area contributed by atoms with Crippen LogP contribution in [0.4, 0.5) is 11.4 Å². The summed E-state index contributed by atoms with van der Waals surface area (Å²) in [5.74, 6) is 0. The minimum atomic E-state index is 0.571. The molecule has 0 saturated carbocycles. The molecular formula is C10H14N2. The second-order valence-corrected chi connectivity index (χ2v) is 3.42. The summed E-state index contributed by atoms with van der Waals surface area (Å²) in [4.78, 5) is 2.36. The Balaban J connectivity index is 2.36.